The molecular formula is C20H13Cl2F3N2O2. The number of alkyl halides is 3. The van der Waals surface area contributed by atoms with Gasteiger partial charge in [-0.05, 0) is 36.4 Å². The first kappa shape index (κ1) is 21.0. The molecule has 9 heteroatoms. The fraction of sp³-hybridized carbons (Fsp3) is 0.100. The van der Waals surface area contributed by atoms with Crippen LogP contribution >= 0.6 is 23.2 Å². The van der Waals surface area contributed by atoms with E-state index in [1.807, 2.05) is 0 Å². The Labute approximate surface area is 173 Å². The number of amides is 1. The summed E-state index contributed by atoms with van der Waals surface area (Å²) in [7, 11) is 0. The maximum atomic E-state index is 12.8. The number of anilines is 1. The molecule has 0 bridgehead atoms. The van der Waals surface area contributed by atoms with Crippen LogP contribution in [0.5, 0.6) is 0 Å². The fourth-order valence-electron chi connectivity index (χ4n) is 2.62. The number of carbonyl (C=O) groups excluding carboxylic acids is 1. The number of nitrogens with zero attached hydrogens (tertiary/aromatic N) is 1. The van der Waals surface area contributed by atoms with Crippen molar-refractivity contribution in [2.45, 2.75) is 12.7 Å². The van der Waals surface area contributed by atoms with Crippen LogP contribution in [0.25, 0.3) is 0 Å². The lowest BCUT2D eigenvalue weighted by molar-refractivity contribution is -0.137. The van der Waals surface area contributed by atoms with Crippen molar-refractivity contribution in [2.75, 3.05) is 5.32 Å². The Morgan fingerprint density at radius 1 is 1.00 bits per heavy atom. The number of hydrogen-bond donors (Lipinski definition) is 1. The monoisotopic (exact) mass is 440 g/mol. The number of halogens is 5. The van der Waals surface area contributed by atoms with Gasteiger partial charge in [-0.15, -0.1) is 0 Å². The predicted octanol–water partition coefficient (Wildman–Crippen LogP) is 5.47. The van der Waals surface area contributed by atoms with Gasteiger partial charge in [-0.1, -0.05) is 35.3 Å². The summed E-state index contributed by atoms with van der Waals surface area (Å²) in [6.45, 7) is 0.0298. The molecule has 2 aromatic carbocycles. The fourth-order valence-corrected chi connectivity index (χ4v) is 3.14. The average Bonchev–Trinajstić information content (AvgIpc) is 2.65. The molecule has 0 aliphatic carbocycles. The molecule has 0 saturated carbocycles. The molecule has 0 aliphatic heterocycles. The highest BCUT2D eigenvalue weighted by molar-refractivity contribution is 6.35. The summed E-state index contributed by atoms with van der Waals surface area (Å²) in [5.74, 6) is -0.664. The summed E-state index contributed by atoms with van der Waals surface area (Å²) in [6, 6.07) is 11.7. The Morgan fingerprint density at radius 2 is 1.66 bits per heavy atom. The number of benzene rings is 2. The minimum atomic E-state index is -4.53. The lowest BCUT2D eigenvalue weighted by atomic mass is 10.2. The predicted molar refractivity (Wildman–Crippen MR) is 106 cm³/mol. The Morgan fingerprint density at radius 3 is 2.31 bits per heavy atom. The topological polar surface area (TPSA) is 51.1 Å². The van der Waals surface area contributed by atoms with Crippen molar-refractivity contribution in [3.8, 4) is 0 Å². The summed E-state index contributed by atoms with van der Waals surface area (Å²) in [5, 5.41) is 3.13. The van der Waals surface area contributed by atoms with Gasteiger partial charge in [0.25, 0.3) is 11.5 Å². The highest BCUT2D eigenvalue weighted by Crippen LogP contribution is 2.30. The quantitative estimate of drug-likeness (QED) is 0.584. The summed E-state index contributed by atoms with van der Waals surface area (Å²) >= 11 is 12.2. The molecule has 1 N–H and O–H groups in total. The molecular weight excluding hydrogens is 428 g/mol. The van der Waals surface area contributed by atoms with Crippen molar-refractivity contribution in [1.82, 2.24) is 4.57 Å². The highest BCUT2D eigenvalue weighted by Gasteiger charge is 2.30. The smallest absolute Gasteiger partial charge is 0.322 e. The van der Waals surface area contributed by atoms with Crippen LogP contribution < -0.4 is 10.9 Å². The molecule has 3 rings (SSSR count). The summed E-state index contributed by atoms with van der Waals surface area (Å²) in [4.78, 5) is 24.6. The zero-order valence-corrected chi connectivity index (χ0v) is 16.1. The molecule has 1 heterocycles. The van der Waals surface area contributed by atoms with Crippen molar-refractivity contribution in [2.24, 2.45) is 0 Å². The average molecular weight is 441 g/mol. The van der Waals surface area contributed by atoms with E-state index >= 15 is 0 Å². The van der Waals surface area contributed by atoms with Gasteiger partial charge < -0.3 is 9.88 Å². The summed E-state index contributed by atoms with van der Waals surface area (Å²) in [5.41, 5.74) is -0.694. The van der Waals surface area contributed by atoms with E-state index in [1.54, 1.807) is 18.2 Å². The van der Waals surface area contributed by atoms with Crippen LogP contribution in [0.1, 0.15) is 21.5 Å². The molecule has 0 atom stereocenters. The highest BCUT2D eigenvalue weighted by atomic mass is 35.5. The molecule has 3 aromatic rings. The summed E-state index contributed by atoms with van der Waals surface area (Å²) < 4.78 is 39.7. The van der Waals surface area contributed by atoms with Crippen LogP contribution in [-0.2, 0) is 12.7 Å². The van der Waals surface area contributed by atoms with Gasteiger partial charge in [0.2, 0.25) is 0 Å². The number of rotatable bonds is 4. The molecule has 0 aliphatic rings. The third kappa shape index (κ3) is 4.99. The normalized spacial score (nSPS) is 11.3. The van der Waals surface area contributed by atoms with Gasteiger partial charge in [0.15, 0.2) is 0 Å². The van der Waals surface area contributed by atoms with Crippen molar-refractivity contribution < 1.29 is 18.0 Å². The standard InChI is InChI=1S/C20H13Cl2F3N2O2/c21-16-5-2-6-17(22)15(16)11-27-10-12(7-8-18(27)28)19(29)26-14-4-1-3-13(9-14)20(23,24)25/h1-10H,11H2,(H,26,29). The van der Waals surface area contributed by atoms with E-state index in [2.05, 4.69) is 5.32 Å². The Bertz CT molecular complexity index is 1110. The van der Waals surface area contributed by atoms with Gasteiger partial charge in [0.05, 0.1) is 17.7 Å². The molecule has 0 saturated heterocycles. The van der Waals surface area contributed by atoms with E-state index in [-0.39, 0.29) is 17.8 Å². The minimum absolute atomic E-state index is 0.0169. The van der Waals surface area contributed by atoms with Crippen LogP contribution in [0.15, 0.2) is 65.6 Å². The second kappa shape index (κ2) is 8.31. The Balaban J connectivity index is 1.86. The largest absolute Gasteiger partial charge is 0.416 e. The maximum Gasteiger partial charge on any atom is 0.416 e. The first-order valence-electron chi connectivity index (χ1n) is 8.27. The van der Waals surface area contributed by atoms with E-state index in [9.17, 15) is 22.8 Å². The van der Waals surface area contributed by atoms with Crippen LogP contribution in [0.3, 0.4) is 0 Å². The number of nitrogens with one attached hydrogen (secondary N) is 1. The molecule has 1 amide bonds. The van der Waals surface area contributed by atoms with Gasteiger partial charge in [-0.2, -0.15) is 13.2 Å². The van der Waals surface area contributed by atoms with E-state index in [1.165, 1.54) is 35.0 Å². The number of aromatic nitrogens is 1. The van der Waals surface area contributed by atoms with Gasteiger partial charge in [-0.3, -0.25) is 9.59 Å². The van der Waals surface area contributed by atoms with Crippen molar-refractivity contribution >= 4 is 34.8 Å². The molecule has 0 spiro atoms. The Kier molecular flexibility index (Phi) is 6.00. The van der Waals surface area contributed by atoms with Crippen LogP contribution in [0, 0.1) is 0 Å². The molecule has 29 heavy (non-hydrogen) atoms. The lowest BCUT2D eigenvalue weighted by Gasteiger charge is -2.12. The molecule has 4 nitrogen and oxygen atoms in total. The maximum absolute atomic E-state index is 12.8. The zero-order chi connectivity index (χ0) is 21.2. The molecule has 0 radical (unpaired) electrons. The molecule has 1 aromatic heterocycles. The van der Waals surface area contributed by atoms with Crippen molar-refractivity contribution in [1.29, 1.82) is 0 Å². The first-order valence-corrected chi connectivity index (χ1v) is 9.03. The molecule has 0 fully saturated rings. The van der Waals surface area contributed by atoms with E-state index in [4.69, 9.17) is 23.2 Å². The van der Waals surface area contributed by atoms with Gasteiger partial charge in [0, 0.05) is 33.6 Å². The number of pyridine rings is 1. The third-order valence-corrected chi connectivity index (χ3v) is 4.79. The summed E-state index contributed by atoms with van der Waals surface area (Å²) in [6.07, 6.45) is -3.23. The SMILES string of the molecule is O=C(Nc1cccc(C(F)(F)F)c1)c1ccc(=O)n(Cc2c(Cl)cccc2Cl)c1. The number of carbonyl (C=O) groups is 1. The van der Waals surface area contributed by atoms with Gasteiger partial charge >= 0.3 is 6.18 Å². The minimum Gasteiger partial charge on any atom is -0.322 e. The second-order valence-electron chi connectivity index (χ2n) is 6.12. The van der Waals surface area contributed by atoms with Gasteiger partial charge in [-0.25, -0.2) is 0 Å². The van der Waals surface area contributed by atoms with Crippen LogP contribution in [0.4, 0.5) is 18.9 Å². The van der Waals surface area contributed by atoms with E-state index in [0.717, 1.165) is 12.1 Å². The van der Waals surface area contributed by atoms with E-state index in [0.29, 0.717) is 15.6 Å². The number of hydrogen-bond acceptors (Lipinski definition) is 2. The second-order valence-corrected chi connectivity index (χ2v) is 6.93. The van der Waals surface area contributed by atoms with Crippen molar-refractivity contribution in [3.63, 3.8) is 0 Å². The lowest BCUT2D eigenvalue weighted by Crippen LogP contribution is -2.23. The van der Waals surface area contributed by atoms with Gasteiger partial charge in [0.1, 0.15) is 0 Å². The van der Waals surface area contributed by atoms with Crippen molar-refractivity contribution in [3.05, 3.63) is 97.9 Å². The Hall–Kier alpha value is -2.77. The third-order valence-electron chi connectivity index (χ3n) is 4.08. The van der Waals surface area contributed by atoms with Crippen LogP contribution in [-0.4, -0.2) is 10.5 Å². The molecule has 0 unspecified atom stereocenters. The molecule has 150 valence electrons. The van der Waals surface area contributed by atoms with E-state index < -0.39 is 23.2 Å². The van der Waals surface area contributed by atoms with Crippen LogP contribution in [0.2, 0.25) is 10.0 Å². The first-order chi connectivity index (χ1) is 13.6. The zero-order valence-electron chi connectivity index (χ0n) is 14.6.